The third-order valence-corrected chi connectivity index (χ3v) is 4.04. The highest BCUT2D eigenvalue weighted by atomic mass is 35.5. The Morgan fingerprint density at radius 1 is 1.04 bits per heavy atom. The summed E-state index contributed by atoms with van der Waals surface area (Å²) in [7, 11) is 0. The summed E-state index contributed by atoms with van der Waals surface area (Å²) in [6, 6.07) is 20.1. The van der Waals surface area contributed by atoms with Crippen LogP contribution in [-0.4, -0.2) is 4.57 Å². The fourth-order valence-corrected chi connectivity index (χ4v) is 2.88. The van der Waals surface area contributed by atoms with Gasteiger partial charge in [0, 0.05) is 24.0 Å². The van der Waals surface area contributed by atoms with E-state index in [1.165, 1.54) is 0 Å². The molecule has 2 aromatic carbocycles. The molecule has 3 nitrogen and oxygen atoms in total. The molecule has 3 N–H and O–H groups in total. The Balaban J connectivity index is 1.98. The van der Waals surface area contributed by atoms with E-state index in [4.69, 9.17) is 22.7 Å². The second kappa shape index (κ2) is 6.77. The molecule has 3 aromatic rings. The lowest BCUT2D eigenvalue weighted by molar-refractivity contribution is 0.728. The van der Waals surface area contributed by atoms with Crippen molar-refractivity contribution in [3.8, 4) is 11.1 Å². The number of hydrogen-bond acceptors (Lipinski definition) is 2. The van der Waals surface area contributed by atoms with Gasteiger partial charge in [0.05, 0.1) is 5.02 Å². The molecule has 0 aliphatic carbocycles. The predicted molar refractivity (Wildman–Crippen MR) is 99.5 cm³/mol. The normalized spacial score (nSPS) is 10.5. The molecular formula is C20H18ClN3. The van der Waals surface area contributed by atoms with E-state index in [1.807, 2.05) is 30.3 Å². The lowest BCUT2D eigenvalue weighted by Gasteiger charge is -2.12. The number of nitrogens with one attached hydrogen (secondary N) is 1. The van der Waals surface area contributed by atoms with Crippen LogP contribution >= 0.6 is 11.6 Å². The van der Waals surface area contributed by atoms with E-state index >= 15 is 0 Å². The van der Waals surface area contributed by atoms with E-state index in [9.17, 15) is 0 Å². The van der Waals surface area contributed by atoms with Crippen molar-refractivity contribution in [1.82, 2.24) is 4.57 Å². The molecule has 120 valence electrons. The minimum absolute atomic E-state index is 0.303. The van der Waals surface area contributed by atoms with Crippen molar-refractivity contribution in [3.05, 3.63) is 95.1 Å². The number of hydrogen-bond donors (Lipinski definition) is 2. The molecule has 3 rings (SSSR count). The maximum atomic E-state index is 8.30. The van der Waals surface area contributed by atoms with Crippen LogP contribution in [0.1, 0.15) is 11.1 Å². The molecule has 0 atom stereocenters. The van der Waals surface area contributed by atoms with Crippen LogP contribution < -0.4 is 11.2 Å². The first kappa shape index (κ1) is 16.1. The molecule has 0 unspecified atom stereocenters. The van der Waals surface area contributed by atoms with E-state index in [-0.39, 0.29) is 0 Å². The average molecular weight is 336 g/mol. The zero-order valence-electron chi connectivity index (χ0n) is 13.2. The van der Waals surface area contributed by atoms with Crippen molar-refractivity contribution in [2.45, 2.75) is 6.54 Å². The number of halogens is 1. The molecule has 4 heteroatoms. The summed E-state index contributed by atoms with van der Waals surface area (Å²) in [4.78, 5) is 0. The second-order valence-corrected chi connectivity index (χ2v) is 6.08. The molecule has 0 aliphatic rings. The Morgan fingerprint density at radius 2 is 1.75 bits per heavy atom. The third kappa shape index (κ3) is 3.42. The monoisotopic (exact) mass is 335 g/mol. The highest BCUT2D eigenvalue weighted by Crippen LogP contribution is 2.20. The van der Waals surface area contributed by atoms with Crippen LogP contribution in [0.3, 0.4) is 0 Å². The van der Waals surface area contributed by atoms with Crippen LogP contribution in [0.15, 0.2) is 73.4 Å². The maximum Gasteiger partial charge on any atom is 0.134 e. The molecule has 0 saturated heterocycles. The molecule has 24 heavy (non-hydrogen) atoms. The fraction of sp³-hybridized carbons (Fsp3) is 0.0500. The smallest absolute Gasteiger partial charge is 0.134 e. The minimum atomic E-state index is 0.303. The molecule has 0 saturated carbocycles. The quantitative estimate of drug-likeness (QED) is 0.735. The summed E-state index contributed by atoms with van der Waals surface area (Å²) in [5.41, 5.74) is 10.4. The molecular weight excluding hydrogens is 318 g/mol. The van der Waals surface area contributed by atoms with Crippen LogP contribution in [0.2, 0.25) is 5.02 Å². The first-order valence-corrected chi connectivity index (χ1v) is 7.96. The van der Waals surface area contributed by atoms with Gasteiger partial charge in [-0.3, -0.25) is 5.41 Å². The summed E-state index contributed by atoms with van der Waals surface area (Å²) in [5, 5.41) is 8.84. The van der Waals surface area contributed by atoms with Crippen molar-refractivity contribution in [2.24, 2.45) is 5.73 Å². The number of aromatic nitrogens is 1. The summed E-state index contributed by atoms with van der Waals surface area (Å²) >= 11 is 6.16. The van der Waals surface area contributed by atoms with E-state index < -0.39 is 0 Å². The lowest BCUT2D eigenvalue weighted by atomic mass is 10.0. The maximum absolute atomic E-state index is 8.30. The number of rotatable bonds is 4. The largest absolute Gasteiger partial charge is 0.399 e. The van der Waals surface area contributed by atoms with Crippen molar-refractivity contribution < 1.29 is 0 Å². The molecule has 0 amide bonds. The standard InChI is InChI=1S/C20H18ClN3/c1-14(22)19-11-18(21)13-24(20(19)23)12-15-6-5-9-17(10-15)16-7-3-2-4-8-16/h2-11,13,23H,1,12,22H2. The molecule has 1 aromatic heterocycles. The van der Waals surface area contributed by atoms with Gasteiger partial charge in [-0.1, -0.05) is 66.7 Å². The van der Waals surface area contributed by atoms with Crippen LogP contribution in [0.4, 0.5) is 0 Å². The SMILES string of the molecule is C=C(N)c1cc(Cl)cn(Cc2cccc(-c3ccccc3)c2)c1=N. The van der Waals surface area contributed by atoms with Crippen LogP contribution in [0, 0.1) is 5.41 Å². The zero-order valence-corrected chi connectivity index (χ0v) is 13.9. The first-order valence-electron chi connectivity index (χ1n) is 7.58. The minimum Gasteiger partial charge on any atom is -0.399 e. The molecule has 0 spiro atoms. The highest BCUT2D eigenvalue weighted by Gasteiger charge is 2.06. The van der Waals surface area contributed by atoms with Gasteiger partial charge in [0.25, 0.3) is 0 Å². The average Bonchev–Trinajstić information content (AvgIpc) is 2.58. The topological polar surface area (TPSA) is 54.8 Å². The Labute approximate surface area is 146 Å². The van der Waals surface area contributed by atoms with Crippen molar-refractivity contribution in [3.63, 3.8) is 0 Å². The van der Waals surface area contributed by atoms with Gasteiger partial charge in [0.2, 0.25) is 0 Å². The number of benzene rings is 2. The predicted octanol–water partition coefficient (Wildman–Crippen LogP) is 4.27. The Hall–Kier alpha value is -2.78. The van der Waals surface area contributed by atoms with Gasteiger partial charge in [-0.15, -0.1) is 0 Å². The van der Waals surface area contributed by atoms with Gasteiger partial charge >= 0.3 is 0 Å². The van der Waals surface area contributed by atoms with Crippen molar-refractivity contribution in [1.29, 1.82) is 5.41 Å². The summed E-state index contributed by atoms with van der Waals surface area (Å²) in [6.07, 6.45) is 1.74. The van der Waals surface area contributed by atoms with Gasteiger partial charge in [-0.05, 0) is 28.8 Å². The van der Waals surface area contributed by atoms with Gasteiger partial charge < -0.3 is 10.3 Å². The number of pyridine rings is 1. The van der Waals surface area contributed by atoms with E-state index in [1.54, 1.807) is 16.8 Å². The van der Waals surface area contributed by atoms with E-state index in [0.29, 0.717) is 28.3 Å². The summed E-state index contributed by atoms with van der Waals surface area (Å²) in [6.45, 7) is 4.26. The second-order valence-electron chi connectivity index (χ2n) is 5.64. The molecule has 1 heterocycles. The highest BCUT2D eigenvalue weighted by molar-refractivity contribution is 6.30. The molecule has 0 radical (unpaired) electrons. The Bertz CT molecular complexity index is 943. The van der Waals surface area contributed by atoms with Gasteiger partial charge in [-0.25, -0.2) is 0 Å². The Morgan fingerprint density at radius 3 is 2.46 bits per heavy atom. The Kier molecular flexibility index (Phi) is 4.54. The number of nitrogens with two attached hydrogens (primary N) is 1. The summed E-state index contributed by atoms with van der Waals surface area (Å²) < 4.78 is 1.78. The fourth-order valence-electron chi connectivity index (χ4n) is 2.66. The number of nitrogens with zero attached hydrogens (tertiary/aromatic N) is 1. The molecule has 0 aliphatic heterocycles. The van der Waals surface area contributed by atoms with Gasteiger partial charge in [0.1, 0.15) is 5.49 Å². The van der Waals surface area contributed by atoms with Crippen LogP contribution in [0.5, 0.6) is 0 Å². The molecule has 0 bridgehead atoms. The summed E-state index contributed by atoms with van der Waals surface area (Å²) in [5.74, 6) is 0. The lowest BCUT2D eigenvalue weighted by Crippen LogP contribution is -2.25. The van der Waals surface area contributed by atoms with Crippen LogP contribution in [-0.2, 0) is 6.54 Å². The van der Waals surface area contributed by atoms with Crippen molar-refractivity contribution in [2.75, 3.05) is 0 Å². The third-order valence-electron chi connectivity index (χ3n) is 3.84. The van der Waals surface area contributed by atoms with Crippen molar-refractivity contribution >= 4 is 17.3 Å². The first-order chi connectivity index (χ1) is 11.5. The van der Waals surface area contributed by atoms with E-state index in [0.717, 1.165) is 16.7 Å². The van der Waals surface area contributed by atoms with Gasteiger partial charge in [-0.2, -0.15) is 0 Å². The van der Waals surface area contributed by atoms with Gasteiger partial charge in [0.15, 0.2) is 0 Å². The molecule has 0 fully saturated rings. The van der Waals surface area contributed by atoms with Crippen LogP contribution in [0.25, 0.3) is 16.8 Å². The van der Waals surface area contributed by atoms with E-state index in [2.05, 4.69) is 30.8 Å². The zero-order chi connectivity index (χ0) is 17.1.